The number of carbonyl (C=O) groups excluding carboxylic acids is 1. The van der Waals surface area contributed by atoms with Gasteiger partial charge in [0, 0.05) is 12.2 Å². The number of benzene rings is 1. The molecule has 0 spiro atoms. The molecule has 0 bridgehead atoms. The predicted octanol–water partition coefficient (Wildman–Crippen LogP) is 1.95. The molecule has 0 unspecified atom stereocenters. The van der Waals surface area contributed by atoms with Gasteiger partial charge in [0.2, 0.25) is 5.91 Å². The fourth-order valence-electron chi connectivity index (χ4n) is 1.32. The molecule has 4 heteroatoms. The van der Waals surface area contributed by atoms with E-state index in [1.807, 2.05) is 0 Å². The minimum Gasteiger partial charge on any atom is -0.493 e. The van der Waals surface area contributed by atoms with Crippen molar-refractivity contribution in [3.63, 3.8) is 0 Å². The van der Waals surface area contributed by atoms with Gasteiger partial charge >= 0.3 is 0 Å². The van der Waals surface area contributed by atoms with Gasteiger partial charge in [0.05, 0.1) is 13.0 Å². The van der Waals surface area contributed by atoms with Gasteiger partial charge in [0.25, 0.3) is 0 Å². The first kappa shape index (κ1) is 13.4. The maximum Gasteiger partial charge on any atom is 0.223 e. The highest BCUT2D eigenvalue weighted by molar-refractivity contribution is 5.75. The highest BCUT2D eigenvalue weighted by Crippen LogP contribution is 2.12. The van der Waals surface area contributed by atoms with E-state index in [0.717, 1.165) is 25.1 Å². The standard InChI is InChI=1S/C13H20N2O2/c1-2-3-9-15-13(16)8-10-17-12-6-4-11(14)5-7-12/h4-7H,2-3,8-10,14H2,1H3,(H,15,16). The summed E-state index contributed by atoms with van der Waals surface area (Å²) in [6.07, 6.45) is 2.49. The van der Waals surface area contributed by atoms with Gasteiger partial charge in [0.15, 0.2) is 0 Å². The summed E-state index contributed by atoms with van der Waals surface area (Å²) in [6, 6.07) is 7.14. The number of rotatable bonds is 7. The van der Waals surface area contributed by atoms with E-state index >= 15 is 0 Å². The van der Waals surface area contributed by atoms with Gasteiger partial charge in [0.1, 0.15) is 5.75 Å². The van der Waals surface area contributed by atoms with Crippen LogP contribution in [0.15, 0.2) is 24.3 Å². The quantitative estimate of drug-likeness (QED) is 0.562. The van der Waals surface area contributed by atoms with Crippen molar-refractivity contribution in [2.75, 3.05) is 18.9 Å². The molecule has 1 aromatic rings. The minimum absolute atomic E-state index is 0.0360. The molecule has 1 amide bonds. The molecule has 3 N–H and O–H groups in total. The number of hydrogen-bond donors (Lipinski definition) is 2. The van der Waals surface area contributed by atoms with Crippen LogP contribution in [0.1, 0.15) is 26.2 Å². The molecule has 0 aliphatic rings. The first-order chi connectivity index (χ1) is 8.22. The lowest BCUT2D eigenvalue weighted by Crippen LogP contribution is -2.25. The number of unbranched alkanes of at least 4 members (excludes halogenated alkanes) is 1. The Balaban J connectivity index is 2.14. The van der Waals surface area contributed by atoms with Crippen molar-refractivity contribution in [1.82, 2.24) is 5.32 Å². The molecular formula is C13H20N2O2. The first-order valence-electron chi connectivity index (χ1n) is 5.97. The molecule has 1 aromatic carbocycles. The molecule has 94 valence electrons. The van der Waals surface area contributed by atoms with Crippen LogP contribution >= 0.6 is 0 Å². The Bertz CT molecular complexity index is 336. The highest BCUT2D eigenvalue weighted by Gasteiger charge is 2.00. The van der Waals surface area contributed by atoms with Crippen LogP contribution in [-0.4, -0.2) is 19.1 Å². The topological polar surface area (TPSA) is 64.3 Å². The Kier molecular flexibility index (Phi) is 5.93. The van der Waals surface area contributed by atoms with Crippen molar-refractivity contribution in [2.45, 2.75) is 26.2 Å². The van der Waals surface area contributed by atoms with Crippen molar-refractivity contribution >= 4 is 11.6 Å². The fourth-order valence-corrected chi connectivity index (χ4v) is 1.32. The monoisotopic (exact) mass is 236 g/mol. The third kappa shape index (κ3) is 5.80. The molecule has 0 atom stereocenters. The van der Waals surface area contributed by atoms with E-state index in [-0.39, 0.29) is 5.91 Å². The maximum atomic E-state index is 11.4. The number of hydrogen-bond acceptors (Lipinski definition) is 3. The van der Waals surface area contributed by atoms with Crippen molar-refractivity contribution in [1.29, 1.82) is 0 Å². The van der Waals surface area contributed by atoms with Gasteiger partial charge in [-0.05, 0) is 30.7 Å². The summed E-state index contributed by atoms with van der Waals surface area (Å²) < 4.78 is 5.42. The van der Waals surface area contributed by atoms with Gasteiger partial charge in [-0.3, -0.25) is 4.79 Å². The molecule has 1 rings (SSSR count). The molecule has 0 fully saturated rings. The normalized spacial score (nSPS) is 9.94. The summed E-state index contributed by atoms with van der Waals surface area (Å²) in [5.41, 5.74) is 6.26. The molecule has 0 radical (unpaired) electrons. The SMILES string of the molecule is CCCCNC(=O)CCOc1ccc(N)cc1. The molecular weight excluding hydrogens is 216 g/mol. The Morgan fingerprint density at radius 1 is 1.35 bits per heavy atom. The van der Waals surface area contributed by atoms with E-state index < -0.39 is 0 Å². The van der Waals surface area contributed by atoms with Crippen LogP contribution in [0.2, 0.25) is 0 Å². The lowest BCUT2D eigenvalue weighted by molar-refractivity contribution is -0.121. The Hall–Kier alpha value is -1.71. The van der Waals surface area contributed by atoms with Crippen molar-refractivity contribution < 1.29 is 9.53 Å². The Labute approximate surface area is 102 Å². The molecule has 0 saturated carbocycles. The minimum atomic E-state index is 0.0360. The molecule has 0 aromatic heterocycles. The third-order valence-electron chi connectivity index (χ3n) is 2.33. The highest BCUT2D eigenvalue weighted by atomic mass is 16.5. The summed E-state index contributed by atoms with van der Waals surface area (Å²) in [5, 5.41) is 2.84. The Morgan fingerprint density at radius 3 is 2.71 bits per heavy atom. The zero-order valence-corrected chi connectivity index (χ0v) is 10.2. The number of ether oxygens (including phenoxy) is 1. The zero-order valence-electron chi connectivity index (χ0n) is 10.2. The van der Waals surface area contributed by atoms with Crippen LogP contribution in [0, 0.1) is 0 Å². The smallest absolute Gasteiger partial charge is 0.223 e. The fraction of sp³-hybridized carbons (Fsp3) is 0.462. The summed E-state index contributed by atoms with van der Waals surface area (Å²) in [6.45, 7) is 3.23. The third-order valence-corrected chi connectivity index (χ3v) is 2.33. The molecule has 0 aliphatic carbocycles. The van der Waals surface area contributed by atoms with Crippen LogP contribution in [0.5, 0.6) is 5.75 Å². The molecule has 0 saturated heterocycles. The van der Waals surface area contributed by atoms with Gasteiger partial charge in [-0.25, -0.2) is 0 Å². The summed E-state index contributed by atoms with van der Waals surface area (Å²) >= 11 is 0. The van der Waals surface area contributed by atoms with E-state index in [0.29, 0.717) is 18.7 Å². The van der Waals surface area contributed by atoms with E-state index in [1.54, 1.807) is 24.3 Å². The molecule has 4 nitrogen and oxygen atoms in total. The number of nitrogen functional groups attached to an aromatic ring is 1. The lowest BCUT2D eigenvalue weighted by Gasteiger charge is -2.07. The first-order valence-corrected chi connectivity index (χ1v) is 5.97. The van der Waals surface area contributed by atoms with Crippen molar-refractivity contribution in [3.05, 3.63) is 24.3 Å². The second-order valence-electron chi connectivity index (χ2n) is 3.87. The van der Waals surface area contributed by atoms with Crippen LogP contribution in [0.25, 0.3) is 0 Å². The van der Waals surface area contributed by atoms with Crippen LogP contribution in [-0.2, 0) is 4.79 Å². The number of anilines is 1. The van der Waals surface area contributed by atoms with E-state index in [2.05, 4.69) is 12.2 Å². The lowest BCUT2D eigenvalue weighted by atomic mass is 10.3. The maximum absolute atomic E-state index is 11.4. The number of amides is 1. The molecule has 0 aliphatic heterocycles. The average molecular weight is 236 g/mol. The van der Waals surface area contributed by atoms with Gasteiger partial charge in [-0.15, -0.1) is 0 Å². The van der Waals surface area contributed by atoms with Gasteiger partial charge in [-0.2, -0.15) is 0 Å². The average Bonchev–Trinajstić information content (AvgIpc) is 2.32. The summed E-state index contributed by atoms with van der Waals surface area (Å²) in [7, 11) is 0. The van der Waals surface area contributed by atoms with Gasteiger partial charge in [-0.1, -0.05) is 13.3 Å². The van der Waals surface area contributed by atoms with E-state index in [1.165, 1.54) is 0 Å². The second kappa shape index (κ2) is 7.54. The number of carbonyl (C=O) groups is 1. The largest absolute Gasteiger partial charge is 0.493 e. The molecule has 0 heterocycles. The predicted molar refractivity (Wildman–Crippen MR) is 68.9 cm³/mol. The van der Waals surface area contributed by atoms with Crippen LogP contribution < -0.4 is 15.8 Å². The van der Waals surface area contributed by atoms with E-state index in [9.17, 15) is 4.79 Å². The number of nitrogens with two attached hydrogens (primary N) is 1. The van der Waals surface area contributed by atoms with Gasteiger partial charge < -0.3 is 15.8 Å². The van der Waals surface area contributed by atoms with Crippen molar-refractivity contribution in [2.24, 2.45) is 0 Å². The second-order valence-corrected chi connectivity index (χ2v) is 3.87. The van der Waals surface area contributed by atoms with Crippen molar-refractivity contribution in [3.8, 4) is 5.75 Å². The van der Waals surface area contributed by atoms with E-state index in [4.69, 9.17) is 10.5 Å². The number of nitrogens with one attached hydrogen (secondary N) is 1. The Morgan fingerprint density at radius 2 is 2.06 bits per heavy atom. The molecule has 17 heavy (non-hydrogen) atoms. The van der Waals surface area contributed by atoms with Crippen LogP contribution in [0.3, 0.4) is 0 Å². The zero-order chi connectivity index (χ0) is 12.5. The van der Waals surface area contributed by atoms with Crippen LogP contribution in [0.4, 0.5) is 5.69 Å². The summed E-state index contributed by atoms with van der Waals surface area (Å²) in [4.78, 5) is 11.4. The summed E-state index contributed by atoms with van der Waals surface area (Å²) in [5.74, 6) is 0.773.